The first kappa shape index (κ1) is 20.2. The molecule has 1 atom stereocenters. The van der Waals surface area contributed by atoms with E-state index < -0.39 is 11.8 Å². The van der Waals surface area contributed by atoms with Gasteiger partial charge in [-0.2, -0.15) is 0 Å². The van der Waals surface area contributed by atoms with E-state index in [0.29, 0.717) is 18.2 Å². The molecule has 2 amide bonds. The molecule has 0 aliphatic carbocycles. The zero-order valence-corrected chi connectivity index (χ0v) is 16.6. The van der Waals surface area contributed by atoms with Crippen LogP contribution in [-0.4, -0.2) is 50.3 Å². The van der Waals surface area contributed by atoms with E-state index in [1.165, 1.54) is 21.6 Å². The molecule has 1 heterocycles. The van der Waals surface area contributed by atoms with Crippen LogP contribution < -0.4 is 15.1 Å². The molecule has 2 N–H and O–H groups in total. The van der Waals surface area contributed by atoms with E-state index in [2.05, 4.69) is 38.3 Å². The van der Waals surface area contributed by atoms with Crippen molar-refractivity contribution < 1.29 is 14.5 Å². The van der Waals surface area contributed by atoms with Crippen molar-refractivity contribution in [3.8, 4) is 0 Å². The Morgan fingerprint density at radius 3 is 2.50 bits per heavy atom. The molecule has 0 bridgehead atoms. The van der Waals surface area contributed by atoms with E-state index in [0.717, 1.165) is 13.0 Å². The second-order valence-electron chi connectivity index (χ2n) is 7.06. The Labute approximate surface area is 160 Å². The minimum Gasteiger partial charge on any atom is -0.340 e. The van der Waals surface area contributed by atoms with E-state index in [1.807, 2.05) is 24.3 Å². The molecule has 1 aliphatic heterocycles. The van der Waals surface area contributed by atoms with Crippen LogP contribution in [0.4, 0.5) is 5.69 Å². The number of nitrogens with one attached hydrogen (secondary N) is 2. The molecule has 1 fully saturated rings. The number of nitrogens with zero attached hydrogens (tertiary/aromatic N) is 2. The first-order valence-electron chi connectivity index (χ1n) is 8.89. The maximum atomic E-state index is 12.8. The van der Waals surface area contributed by atoms with Gasteiger partial charge in [0.15, 0.2) is 11.0 Å². The molecule has 2 rings (SSSR count). The molecule has 0 spiro atoms. The average molecular weight is 376 g/mol. The van der Waals surface area contributed by atoms with Crippen molar-refractivity contribution in [1.29, 1.82) is 0 Å². The summed E-state index contributed by atoms with van der Waals surface area (Å²) in [5.41, 5.74) is 1.83. The molecule has 0 unspecified atom stereocenters. The van der Waals surface area contributed by atoms with E-state index >= 15 is 0 Å². The van der Waals surface area contributed by atoms with E-state index in [1.54, 1.807) is 0 Å². The van der Waals surface area contributed by atoms with Crippen LogP contribution in [-0.2, 0) is 9.59 Å². The Morgan fingerprint density at radius 1 is 1.27 bits per heavy atom. The van der Waals surface area contributed by atoms with Crippen LogP contribution in [0.25, 0.3) is 0 Å². The summed E-state index contributed by atoms with van der Waals surface area (Å²) < 4.78 is 0. The summed E-state index contributed by atoms with van der Waals surface area (Å²) in [6, 6.07) is 7.65. The summed E-state index contributed by atoms with van der Waals surface area (Å²) in [6.07, 6.45) is 2.35. The third kappa shape index (κ3) is 4.95. The third-order valence-corrected chi connectivity index (χ3v) is 4.52. The summed E-state index contributed by atoms with van der Waals surface area (Å²) in [4.78, 5) is 32.0. The fourth-order valence-electron chi connectivity index (χ4n) is 2.68. The van der Waals surface area contributed by atoms with Crippen LogP contribution in [0.1, 0.15) is 31.7 Å². The number of hydrogen-bond donors (Lipinski definition) is 2. The fraction of sp³-hybridized carbons (Fsp3) is 0.474. The van der Waals surface area contributed by atoms with Crippen molar-refractivity contribution in [1.82, 2.24) is 5.32 Å². The first-order chi connectivity index (χ1) is 12.3. The number of amides is 2. The van der Waals surface area contributed by atoms with Crippen molar-refractivity contribution in [2.24, 2.45) is 10.9 Å². The highest BCUT2D eigenvalue weighted by molar-refractivity contribution is 7.80. The minimum absolute atomic E-state index is 0.109. The van der Waals surface area contributed by atoms with Crippen molar-refractivity contribution >= 4 is 41.0 Å². The Hall–Kier alpha value is -2.12. The second-order valence-corrected chi connectivity index (χ2v) is 7.44. The number of hydrogen-bond acceptors (Lipinski definition) is 4. The van der Waals surface area contributed by atoms with E-state index in [-0.39, 0.29) is 11.0 Å². The van der Waals surface area contributed by atoms with E-state index in [9.17, 15) is 9.59 Å². The van der Waals surface area contributed by atoms with Gasteiger partial charge in [-0.15, -0.1) is 0 Å². The predicted molar refractivity (Wildman–Crippen MR) is 108 cm³/mol. The predicted octanol–water partition coefficient (Wildman–Crippen LogP) is 0.779. The quantitative estimate of drug-likeness (QED) is 0.320. The zero-order valence-electron chi connectivity index (χ0n) is 15.8. The van der Waals surface area contributed by atoms with E-state index in [4.69, 9.17) is 12.2 Å². The molecule has 0 saturated carbocycles. The Bertz CT molecular complexity index is 698. The second kappa shape index (κ2) is 9.00. The molecule has 1 aliphatic rings. The standard InChI is InChI=1S/C19H26N4O2S/c1-13(2)14-6-8-15(9-7-14)23-18(25)16(17(24)21-19(23)26)12-20-10-5-11-22(3)4/h6-9,12-13,16H,5,10-11H2,1-4H3,(H,21,24,26)/p+1/t16-/m0/s1. The number of carbonyl (C=O) groups is 2. The maximum absolute atomic E-state index is 12.8. The van der Waals surface area contributed by atoms with Crippen molar-refractivity contribution in [2.75, 3.05) is 32.1 Å². The van der Waals surface area contributed by atoms with Crippen molar-refractivity contribution in [2.45, 2.75) is 26.2 Å². The van der Waals surface area contributed by atoms with Crippen molar-refractivity contribution in [3.63, 3.8) is 0 Å². The lowest BCUT2D eigenvalue weighted by atomic mass is 10.0. The number of carbonyl (C=O) groups excluding carboxylic acids is 2. The van der Waals surface area contributed by atoms with Gasteiger partial charge in [0, 0.05) is 19.2 Å². The van der Waals surface area contributed by atoms with Gasteiger partial charge in [0.2, 0.25) is 5.91 Å². The van der Waals surface area contributed by atoms with Gasteiger partial charge in [0.25, 0.3) is 5.91 Å². The highest BCUT2D eigenvalue weighted by Gasteiger charge is 2.38. The lowest BCUT2D eigenvalue weighted by Gasteiger charge is -2.31. The Morgan fingerprint density at radius 2 is 1.92 bits per heavy atom. The molecule has 0 radical (unpaired) electrons. The maximum Gasteiger partial charge on any atom is 0.251 e. The Kier molecular flexibility index (Phi) is 6.99. The number of quaternary nitrogens is 1. The number of benzene rings is 1. The van der Waals surface area contributed by atoms with Crippen LogP contribution in [0.5, 0.6) is 0 Å². The molecule has 1 aromatic rings. The van der Waals surface area contributed by atoms with Gasteiger partial charge < -0.3 is 10.2 Å². The first-order valence-corrected chi connectivity index (χ1v) is 9.29. The molecule has 140 valence electrons. The normalized spacial score (nSPS) is 18.3. The minimum atomic E-state index is -0.946. The van der Waals surface area contributed by atoms with Crippen LogP contribution >= 0.6 is 12.2 Å². The summed E-state index contributed by atoms with van der Waals surface area (Å²) in [5.74, 6) is -1.33. The van der Waals surface area contributed by atoms with Gasteiger partial charge in [-0.05, 0) is 35.8 Å². The molecule has 1 aromatic carbocycles. The van der Waals surface area contributed by atoms with Crippen molar-refractivity contribution in [3.05, 3.63) is 29.8 Å². The number of thiocarbonyl (C=S) groups is 1. The summed E-state index contributed by atoms with van der Waals surface area (Å²) in [6.45, 7) is 5.79. The number of aliphatic imine (C=N–C) groups is 1. The van der Waals surface area contributed by atoms with Crippen LogP contribution in [0.3, 0.4) is 0 Å². The third-order valence-electron chi connectivity index (χ3n) is 4.24. The highest BCUT2D eigenvalue weighted by atomic mass is 32.1. The Balaban J connectivity index is 2.12. The molecular weight excluding hydrogens is 348 g/mol. The summed E-state index contributed by atoms with van der Waals surface area (Å²) >= 11 is 5.21. The molecule has 7 heteroatoms. The van der Waals surface area contributed by atoms with Gasteiger partial charge >= 0.3 is 0 Å². The monoisotopic (exact) mass is 375 g/mol. The summed E-state index contributed by atoms with van der Waals surface area (Å²) in [5, 5.41) is 2.72. The fourth-order valence-corrected chi connectivity index (χ4v) is 2.97. The van der Waals surface area contributed by atoms with Crippen LogP contribution in [0, 0.1) is 5.92 Å². The topological polar surface area (TPSA) is 66.2 Å². The average Bonchev–Trinajstić information content (AvgIpc) is 2.57. The van der Waals surface area contributed by atoms with Gasteiger partial charge in [-0.3, -0.25) is 19.5 Å². The molecular formula is C19H27N4O2S+. The smallest absolute Gasteiger partial charge is 0.251 e. The number of anilines is 1. The van der Waals surface area contributed by atoms with Gasteiger partial charge in [-0.1, -0.05) is 26.0 Å². The van der Waals surface area contributed by atoms with Crippen LogP contribution in [0.15, 0.2) is 29.3 Å². The highest BCUT2D eigenvalue weighted by Crippen LogP contribution is 2.23. The largest absolute Gasteiger partial charge is 0.340 e. The summed E-state index contributed by atoms with van der Waals surface area (Å²) in [7, 11) is 4.15. The lowest BCUT2D eigenvalue weighted by Crippen LogP contribution is -3.05. The molecule has 0 aromatic heterocycles. The number of rotatable bonds is 7. The zero-order chi connectivity index (χ0) is 19.3. The molecule has 6 nitrogen and oxygen atoms in total. The van der Waals surface area contributed by atoms with Gasteiger partial charge in [0.05, 0.1) is 26.3 Å². The molecule has 26 heavy (non-hydrogen) atoms. The van der Waals surface area contributed by atoms with Gasteiger partial charge in [-0.25, -0.2) is 0 Å². The van der Waals surface area contributed by atoms with Crippen LogP contribution in [0.2, 0.25) is 0 Å². The SMILES string of the molecule is CC(C)c1ccc(N2C(=O)[C@@H](C=NCCC[NH+](C)C)C(=O)NC2=S)cc1. The van der Waals surface area contributed by atoms with Gasteiger partial charge in [0.1, 0.15) is 0 Å². The molecule has 1 saturated heterocycles. The lowest BCUT2D eigenvalue weighted by molar-refractivity contribution is -0.858.